The molecule has 1 aromatic carbocycles. The Morgan fingerprint density at radius 3 is 2.57 bits per heavy atom. The average molecular weight is 293 g/mol. The highest BCUT2D eigenvalue weighted by Gasteiger charge is 2.30. The lowest BCUT2D eigenvalue weighted by atomic mass is 9.98. The van der Waals surface area contributed by atoms with E-state index in [4.69, 9.17) is 5.11 Å². The van der Waals surface area contributed by atoms with Crippen LogP contribution in [0.15, 0.2) is 48.8 Å². The van der Waals surface area contributed by atoms with Crippen LogP contribution in [0.5, 0.6) is 0 Å². The zero-order valence-corrected chi connectivity index (χ0v) is 10.6. The van der Waals surface area contributed by atoms with Crippen molar-refractivity contribution in [2.45, 2.75) is 6.18 Å². The van der Waals surface area contributed by atoms with Crippen LogP contribution in [-0.2, 0) is 11.0 Å². The number of rotatable bonds is 3. The predicted octanol–water partition coefficient (Wildman–Crippen LogP) is 3.87. The molecule has 1 heterocycles. The summed E-state index contributed by atoms with van der Waals surface area (Å²) in [5.74, 6) is -1.23. The predicted molar refractivity (Wildman–Crippen MR) is 71.3 cm³/mol. The molecule has 2 rings (SSSR count). The Kier molecular flexibility index (Phi) is 4.07. The Morgan fingerprint density at radius 2 is 2.00 bits per heavy atom. The molecule has 1 aromatic heterocycles. The maximum absolute atomic E-state index is 12.7. The SMILES string of the molecule is O=C(O)C=Cc1cc(C(F)(F)F)ccc1-c1cccnc1. The Morgan fingerprint density at radius 1 is 1.24 bits per heavy atom. The summed E-state index contributed by atoms with van der Waals surface area (Å²) in [6.45, 7) is 0. The highest BCUT2D eigenvalue weighted by molar-refractivity contribution is 5.88. The molecule has 0 amide bonds. The van der Waals surface area contributed by atoms with E-state index in [1.807, 2.05) is 0 Å². The van der Waals surface area contributed by atoms with Gasteiger partial charge in [-0.15, -0.1) is 0 Å². The molecule has 0 radical (unpaired) electrons. The minimum atomic E-state index is -4.49. The van der Waals surface area contributed by atoms with E-state index in [1.165, 1.54) is 12.3 Å². The molecular weight excluding hydrogens is 283 g/mol. The number of alkyl halides is 3. The van der Waals surface area contributed by atoms with Crippen molar-refractivity contribution in [3.8, 4) is 11.1 Å². The number of pyridine rings is 1. The molecule has 0 aliphatic carbocycles. The van der Waals surface area contributed by atoms with Crippen molar-refractivity contribution in [1.82, 2.24) is 4.98 Å². The summed E-state index contributed by atoms with van der Waals surface area (Å²) in [7, 11) is 0. The van der Waals surface area contributed by atoms with Gasteiger partial charge in [0, 0.05) is 24.0 Å². The highest BCUT2D eigenvalue weighted by Crippen LogP contribution is 2.33. The van der Waals surface area contributed by atoms with Gasteiger partial charge in [0.15, 0.2) is 0 Å². The zero-order valence-electron chi connectivity index (χ0n) is 10.6. The van der Waals surface area contributed by atoms with E-state index in [1.54, 1.807) is 18.3 Å². The first-order valence-corrected chi connectivity index (χ1v) is 5.90. The minimum absolute atomic E-state index is 0.167. The second kappa shape index (κ2) is 5.78. The lowest BCUT2D eigenvalue weighted by Crippen LogP contribution is -2.05. The van der Waals surface area contributed by atoms with Crippen LogP contribution in [-0.4, -0.2) is 16.1 Å². The first-order chi connectivity index (χ1) is 9.88. The normalized spacial score (nSPS) is 11.8. The molecule has 108 valence electrons. The molecule has 0 aliphatic rings. The van der Waals surface area contributed by atoms with Gasteiger partial charge in [-0.1, -0.05) is 12.1 Å². The highest BCUT2D eigenvalue weighted by atomic mass is 19.4. The van der Waals surface area contributed by atoms with E-state index in [-0.39, 0.29) is 5.56 Å². The van der Waals surface area contributed by atoms with E-state index >= 15 is 0 Å². The smallest absolute Gasteiger partial charge is 0.416 e. The molecule has 0 unspecified atom stereocenters. The number of hydrogen-bond acceptors (Lipinski definition) is 2. The van der Waals surface area contributed by atoms with Gasteiger partial charge >= 0.3 is 12.1 Å². The molecular formula is C15H10F3NO2. The van der Waals surface area contributed by atoms with E-state index in [0.29, 0.717) is 11.1 Å². The summed E-state index contributed by atoms with van der Waals surface area (Å²) in [6, 6.07) is 6.52. The maximum atomic E-state index is 12.7. The summed E-state index contributed by atoms with van der Waals surface area (Å²) in [4.78, 5) is 14.5. The van der Waals surface area contributed by atoms with Crippen molar-refractivity contribution >= 4 is 12.0 Å². The van der Waals surface area contributed by atoms with Crippen molar-refractivity contribution in [3.05, 3.63) is 59.9 Å². The maximum Gasteiger partial charge on any atom is 0.416 e. The fourth-order valence-corrected chi connectivity index (χ4v) is 1.82. The Labute approximate surface area is 118 Å². The van der Waals surface area contributed by atoms with E-state index in [9.17, 15) is 18.0 Å². The molecule has 3 nitrogen and oxygen atoms in total. The van der Waals surface area contributed by atoms with Crippen LogP contribution in [0.1, 0.15) is 11.1 Å². The van der Waals surface area contributed by atoms with Gasteiger partial charge in [0.25, 0.3) is 0 Å². The van der Waals surface area contributed by atoms with Crippen molar-refractivity contribution in [2.75, 3.05) is 0 Å². The largest absolute Gasteiger partial charge is 0.478 e. The van der Waals surface area contributed by atoms with Gasteiger partial charge in [0.2, 0.25) is 0 Å². The summed E-state index contributed by atoms with van der Waals surface area (Å²) in [5.41, 5.74) is 0.422. The third kappa shape index (κ3) is 3.68. The number of halogens is 3. The lowest BCUT2D eigenvalue weighted by molar-refractivity contribution is -0.137. The van der Waals surface area contributed by atoms with E-state index < -0.39 is 17.7 Å². The monoisotopic (exact) mass is 293 g/mol. The number of carbonyl (C=O) groups is 1. The summed E-state index contributed by atoms with van der Waals surface area (Å²) in [5, 5.41) is 8.64. The Bertz CT molecular complexity index is 679. The molecule has 2 aromatic rings. The topological polar surface area (TPSA) is 50.2 Å². The standard InChI is InChI=1S/C15H10F3NO2/c16-15(17,18)12-4-5-13(11-2-1-7-19-9-11)10(8-12)3-6-14(20)21/h1-9H,(H,20,21). The summed E-state index contributed by atoms with van der Waals surface area (Å²) in [6.07, 6.45) is 0.496. The van der Waals surface area contributed by atoms with Crippen LogP contribution in [0, 0.1) is 0 Å². The third-order valence-electron chi connectivity index (χ3n) is 2.76. The van der Waals surface area contributed by atoms with Gasteiger partial charge in [-0.2, -0.15) is 13.2 Å². The fraction of sp³-hybridized carbons (Fsp3) is 0.0667. The van der Waals surface area contributed by atoms with Crippen LogP contribution in [0.4, 0.5) is 13.2 Å². The number of carboxylic acids is 1. The zero-order chi connectivity index (χ0) is 15.5. The molecule has 0 aliphatic heterocycles. The second-order valence-corrected chi connectivity index (χ2v) is 4.21. The van der Waals surface area contributed by atoms with Crippen LogP contribution < -0.4 is 0 Å². The quantitative estimate of drug-likeness (QED) is 0.874. The molecule has 0 saturated carbocycles. The van der Waals surface area contributed by atoms with Gasteiger partial charge in [-0.25, -0.2) is 4.79 Å². The first kappa shape index (κ1) is 14.8. The number of hydrogen-bond donors (Lipinski definition) is 1. The lowest BCUT2D eigenvalue weighted by Gasteiger charge is -2.11. The number of aromatic nitrogens is 1. The number of nitrogens with zero attached hydrogens (tertiary/aromatic N) is 1. The molecule has 6 heteroatoms. The van der Waals surface area contributed by atoms with Crippen LogP contribution in [0.3, 0.4) is 0 Å². The van der Waals surface area contributed by atoms with Gasteiger partial charge in [-0.05, 0) is 35.4 Å². The van der Waals surface area contributed by atoms with Crippen molar-refractivity contribution in [3.63, 3.8) is 0 Å². The molecule has 0 spiro atoms. The first-order valence-electron chi connectivity index (χ1n) is 5.90. The van der Waals surface area contributed by atoms with Crippen LogP contribution in [0.25, 0.3) is 17.2 Å². The van der Waals surface area contributed by atoms with Gasteiger partial charge in [-0.3, -0.25) is 4.98 Å². The average Bonchev–Trinajstić information content (AvgIpc) is 2.44. The Hall–Kier alpha value is -2.63. The van der Waals surface area contributed by atoms with E-state index in [2.05, 4.69) is 4.98 Å². The van der Waals surface area contributed by atoms with E-state index in [0.717, 1.165) is 24.3 Å². The molecule has 1 N–H and O–H groups in total. The Balaban J connectivity index is 2.57. The molecule has 0 atom stereocenters. The van der Waals surface area contributed by atoms with Gasteiger partial charge in [0.1, 0.15) is 0 Å². The third-order valence-corrected chi connectivity index (χ3v) is 2.76. The van der Waals surface area contributed by atoms with Crippen molar-refractivity contribution < 1.29 is 23.1 Å². The minimum Gasteiger partial charge on any atom is -0.478 e. The van der Waals surface area contributed by atoms with Gasteiger partial charge in [0.05, 0.1) is 5.56 Å². The van der Waals surface area contributed by atoms with Crippen molar-refractivity contribution in [1.29, 1.82) is 0 Å². The van der Waals surface area contributed by atoms with Crippen molar-refractivity contribution in [2.24, 2.45) is 0 Å². The number of aliphatic carboxylic acids is 1. The molecule has 0 fully saturated rings. The molecule has 21 heavy (non-hydrogen) atoms. The summed E-state index contributed by atoms with van der Waals surface area (Å²) >= 11 is 0. The fourth-order valence-electron chi connectivity index (χ4n) is 1.82. The second-order valence-electron chi connectivity index (χ2n) is 4.21. The van der Waals surface area contributed by atoms with Crippen LogP contribution in [0.2, 0.25) is 0 Å². The number of carboxylic acid groups (broad SMARTS) is 1. The number of benzene rings is 1. The van der Waals surface area contributed by atoms with Gasteiger partial charge < -0.3 is 5.11 Å². The van der Waals surface area contributed by atoms with Crippen LogP contribution >= 0.6 is 0 Å². The molecule has 0 saturated heterocycles. The molecule has 0 bridgehead atoms. The summed E-state index contributed by atoms with van der Waals surface area (Å²) < 4.78 is 38.2.